The van der Waals surface area contributed by atoms with Crippen molar-refractivity contribution in [3.8, 4) is 0 Å². The summed E-state index contributed by atoms with van der Waals surface area (Å²) in [7, 11) is 0.500. The van der Waals surface area contributed by atoms with E-state index in [1.54, 1.807) is 0 Å². The van der Waals surface area contributed by atoms with E-state index in [0.29, 0.717) is 7.18 Å². The molecule has 8 heteroatoms. The topological polar surface area (TPSA) is 12.5 Å². The molecule has 18 heavy (non-hydrogen) atoms. The molecule has 1 fully saturated rings. The van der Waals surface area contributed by atoms with Crippen molar-refractivity contribution in [2.45, 2.75) is 38.0 Å². The smallest absolute Gasteiger partial charge is 0.370 e. The van der Waals surface area contributed by atoms with Gasteiger partial charge >= 0.3 is 12.0 Å². The molecule has 0 aliphatic carbocycles. The Kier molecular flexibility index (Phi) is 6.42. The average Bonchev–Trinajstić information content (AvgIpc) is 2.30. The molecule has 0 N–H and O–H groups in total. The largest absolute Gasteiger partial charge is 0.373 e. The van der Waals surface area contributed by atoms with Gasteiger partial charge in [0.05, 0.1) is 19.4 Å². The van der Waals surface area contributed by atoms with E-state index in [1.807, 2.05) is 0 Å². The van der Waals surface area contributed by atoms with Crippen molar-refractivity contribution in [2.75, 3.05) is 26.9 Å². The van der Waals surface area contributed by atoms with Crippen LogP contribution in [0.25, 0.3) is 0 Å². The molecule has 0 aromatic rings. The number of morpholine rings is 1. The van der Waals surface area contributed by atoms with E-state index in [0.717, 1.165) is 0 Å². The highest BCUT2D eigenvalue weighted by atomic mass is 19.3. The standard InChI is InChI=1S/C9H14F5NO.CH3F/c1-6-3-15(4-7(2)16-6)9(13,14)8(11,12)5-10;1-2/h6-7H,3-5H2,1-2H3;1H3. The summed E-state index contributed by atoms with van der Waals surface area (Å²) in [5.41, 5.74) is 0. The minimum absolute atomic E-state index is 0.283. The molecule has 0 aromatic heterocycles. The quantitative estimate of drug-likeness (QED) is 0.582. The summed E-state index contributed by atoms with van der Waals surface area (Å²) in [6, 6.07) is -4.48. The number of ether oxygens (including phenoxy) is 1. The van der Waals surface area contributed by atoms with Crippen LogP contribution in [0.5, 0.6) is 0 Å². The molecule has 0 amide bonds. The molecule has 2 atom stereocenters. The summed E-state index contributed by atoms with van der Waals surface area (Å²) in [5.74, 6) is -4.66. The minimum Gasteiger partial charge on any atom is -0.373 e. The minimum atomic E-state index is -4.66. The summed E-state index contributed by atoms with van der Waals surface area (Å²) < 4.78 is 78.7. The molecule has 2 unspecified atom stereocenters. The van der Waals surface area contributed by atoms with Gasteiger partial charge in [-0.3, -0.25) is 4.39 Å². The lowest BCUT2D eigenvalue weighted by Crippen LogP contribution is -2.61. The van der Waals surface area contributed by atoms with Crippen molar-refractivity contribution in [3.05, 3.63) is 0 Å². The lowest BCUT2D eigenvalue weighted by molar-refractivity contribution is -0.306. The van der Waals surface area contributed by atoms with Crippen molar-refractivity contribution < 1.29 is 31.1 Å². The highest BCUT2D eigenvalue weighted by Crippen LogP contribution is 2.38. The highest BCUT2D eigenvalue weighted by Gasteiger charge is 2.61. The number of hydrogen-bond acceptors (Lipinski definition) is 2. The molecule has 0 aromatic carbocycles. The van der Waals surface area contributed by atoms with Gasteiger partial charge in [0.2, 0.25) is 0 Å². The third kappa shape index (κ3) is 3.74. The van der Waals surface area contributed by atoms with E-state index in [1.165, 1.54) is 13.8 Å². The third-order valence-corrected chi connectivity index (χ3v) is 2.42. The van der Waals surface area contributed by atoms with Gasteiger partial charge in [-0.2, -0.15) is 17.6 Å². The summed E-state index contributed by atoms with van der Waals surface area (Å²) in [4.78, 5) is 0.283. The fraction of sp³-hybridized carbons (Fsp3) is 1.00. The second-order valence-corrected chi connectivity index (χ2v) is 4.04. The molecule has 2 nitrogen and oxygen atoms in total. The number of rotatable bonds is 3. The summed E-state index contributed by atoms with van der Waals surface area (Å²) in [5, 5.41) is 0. The molecule has 0 saturated carbocycles. The second kappa shape index (κ2) is 6.60. The molecular formula is C10H17F6NO. The van der Waals surface area contributed by atoms with E-state index >= 15 is 0 Å². The fourth-order valence-corrected chi connectivity index (χ4v) is 1.72. The molecule has 0 radical (unpaired) electrons. The van der Waals surface area contributed by atoms with Gasteiger partial charge < -0.3 is 4.74 Å². The Hall–Kier alpha value is -0.500. The predicted molar refractivity (Wildman–Crippen MR) is 54.5 cm³/mol. The average molecular weight is 281 g/mol. The van der Waals surface area contributed by atoms with Crippen molar-refractivity contribution in [1.82, 2.24) is 4.90 Å². The number of nitrogens with zero attached hydrogens (tertiary/aromatic N) is 1. The van der Waals surface area contributed by atoms with Gasteiger partial charge in [-0.05, 0) is 13.8 Å². The molecule has 0 spiro atoms. The second-order valence-electron chi connectivity index (χ2n) is 4.04. The van der Waals surface area contributed by atoms with E-state index in [2.05, 4.69) is 0 Å². The summed E-state index contributed by atoms with van der Waals surface area (Å²) >= 11 is 0. The predicted octanol–water partition coefficient (Wildman–Crippen LogP) is 2.88. The zero-order valence-electron chi connectivity index (χ0n) is 10.4. The first kappa shape index (κ1) is 17.5. The van der Waals surface area contributed by atoms with Gasteiger partial charge in [0, 0.05) is 13.1 Å². The van der Waals surface area contributed by atoms with Crippen LogP contribution < -0.4 is 0 Å². The van der Waals surface area contributed by atoms with Gasteiger partial charge in [-0.25, -0.2) is 9.29 Å². The molecule has 1 saturated heterocycles. The first-order valence-electron chi connectivity index (χ1n) is 5.30. The van der Waals surface area contributed by atoms with Crippen molar-refractivity contribution in [2.24, 2.45) is 0 Å². The van der Waals surface area contributed by atoms with Crippen LogP contribution in [0.15, 0.2) is 0 Å². The van der Waals surface area contributed by atoms with Crippen molar-refractivity contribution in [1.29, 1.82) is 0 Å². The molecule has 1 aliphatic rings. The maximum atomic E-state index is 13.3. The number of halogens is 6. The first-order valence-corrected chi connectivity index (χ1v) is 5.30. The number of hydrogen-bond donors (Lipinski definition) is 0. The molecule has 0 bridgehead atoms. The van der Waals surface area contributed by atoms with Gasteiger partial charge in [0.15, 0.2) is 6.67 Å². The molecule has 1 aliphatic heterocycles. The van der Waals surface area contributed by atoms with Crippen LogP contribution in [0.1, 0.15) is 13.8 Å². The fourth-order valence-electron chi connectivity index (χ4n) is 1.72. The summed E-state index contributed by atoms with van der Waals surface area (Å²) in [6.45, 7) is -0.0430. The van der Waals surface area contributed by atoms with Crippen molar-refractivity contribution >= 4 is 0 Å². The van der Waals surface area contributed by atoms with E-state index in [4.69, 9.17) is 4.74 Å². The van der Waals surface area contributed by atoms with E-state index in [9.17, 15) is 26.3 Å². The molecular weight excluding hydrogens is 264 g/mol. The van der Waals surface area contributed by atoms with Crippen LogP contribution in [-0.2, 0) is 4.74 Å². The Morgan fingerprint density at radius 2 is 1.44 bits per heavy atom. The monoisotopic (exact) mass is 281 g/mol. The maximum Gasteiger partial charge on any atom is 0.370 e. The van der Waals surface area contributed by atoms with Gasteiger partial charge in [-0.15, -0.1) is 0 Å². The number of alkyl halides is 6. The van der Waals surface area contributed by atoms with Gasteiger partial charge in [0.25, 0.3) is 0 Å². The Morgan fingerprint density at radius 3 is 1.78 bits per heavy atom. The lowest BCUT2D eigenvalue weighted by Gasteiger charge is -2.41. The zero-order chi connectivity index (χ0) is 14.6. The molecule has 110 valence electrons. The third-order valence-electron chi connectivity index (χ3n) is 2.42. The first-order chi connectivity index (χ1) is 8.20. The zero-order valence-corrected chi connectivity index (χ0v) is 10.4. The van der Waals surface area contributed by atoms with Crippen molar-refractivity contribution in [3.63, 3.8) is 0 Å². The highest BCUT2D eigenvalue weighted by molar-refractivity contribution is 4.88. The van der Waals surface area contributed by atoms with Crippen LogP contribution >= 0.6 is 0 Å². The van der Waals surface area contributed by atoms with Crippen LogP contribution in [0.2, 0.25) is 0 Å². The van der Waals surface area contributed by atoms with Crippen LogP contribution in [0.4, 0.5) is 26.3 Å². The Labute approximate surface area is 102 Å². The van der Waals surface area contributed by atoms with E-state index in [-0.39, 0.29) is 18.0 Å². The summed E-state index contributed by atoms with van der Waals surface area (Å²) in [6.07, 6.45) is -1.16. The van der Waals surface area contributed by atoms with Crippen LogP contribution in [0, 0.1) is 0 Å². The van der Waals surface area contributed by atoms with E-state index < -0.39 is 30.9 Å². The van der Waals surface area contributed by atoms with Crippen LogP contribution in [-0.4, -0.2) is 56.0 Å². The van der Waals surface area contributed by atoms with Crippen LogP contribution in [0.3, 0.4) is 0 Å². The maximum absolute atomic E-state index is 13.3. The molecule has 1 heterocycles. The Bertz CT molecular complexity index is 241. The van der Waals surface area contributed by atoms with Gasteiger partial charge in [-0.1, -0.05) is 0 Å². The Balaban J connectivity index is 0.00000137. The SMILES string of the molecule is CC1CN(C(F)(F)C(F)(F)CF)CC(C)O1.CF. The van der Waals surface area contributed by atoms with Gasteiger partial charge in [0.1, 0.15) is 0 Å². The normalized spacial score (nSPS) is 26.5. The molecule has 1 rings (SSSR count). The Morgan fingerprint density at radius 1 is 1.06 bits per heavy atom. The lowest BCUT2D eigenvalue weighted by atomic mass is 10.2.